The molecule has 1 atom stereocenters. The summed E-state index contributed by atoms with van der Waals surface area (Å²) < 4.78 is 5.41. The second-order valence-corrected chi connectivity index (χ2v) is 11.0. The number of ketones is 1. The van der Waals surface area contributed by atoms with Gasteiger partial charge in [0.25, 0.3) is 11.7 Å². The van der Waals surface area contributed by atoms with Crippen LogP contribution in [0.3, 0.4) is 0 Å². The zero-order chi connectivity index (χ0) is 27.2. The van der Waals surface area contributed by atoms with E-state index < -0.39 is 17.7 Å². The molecule has 1 N–H and O–H groups in total. The maximum absolute atomic E-state index is 13.5. The molecule has 0 spiro atoms. The van der Waals surface area contributed by atoms with E-state index in [-0.39, 0.29) is 16.7 Å². The third-order valence-electron chi connectivity index (χ3n) is 6.97. The minimum Gasteiger partial charge on any atom is -0.507 e. The molecule has 3 aromatic carbocycles. The first kappa shape index (κ1) is 26.5. The number of Topliss-reactive ketones (excluding diaryl/α,β-unsaturated/α-hetero) is 1. The van der Waals surface area contributed by atoms with E-state index in [1.54, 1.807) is 25.3 Å². The molecule has 1 aliphatic heterocycles. The van der Waals surface area contributed by atoms with Gasteiger partial charge >= 0.3 is 0 Å². The zero-order valence-electron chi connectivity index (χ0n) is 22.3. The molecule has 1 fully saturated rings. The number of ether oxygens (including phenoxy) is 1. The van der Waals surface area contributed by atoms with E-state index in [9.17, 15) is 14.7 Å². The van der Waals surface area contributed by atoms with Crippen molar-refractivity contribution in [3.8, 4) is 5.75 Å². The SMILES string of the molecule is COc1cc(C)c(/C(O)=C2\C(=O)C(=O)N(c3ccc(C)c(Cl)c3)C2c2ccc(C(C)(C)C)cc2)cc1C. The molecule has 1 aliphatic rings. The summed E-state index contributed by atoms with van der Waals surface area (Å²) in [5.74, 6) is -0.994. The van der Waals surface area contributed by atoms with Gasteiger partial charge in [0.1, 0.15) is 11.5 Å². The first-order valence-electron chi connectivity index (χ1n) is 12.2. The van der Waals surface area contributed by atoms with Crippen LogP contribution in [0.4, 0.5) is 5.69 Å². The van der Waals surface area contributed by atoms with Gasteiger partial charge in [-0.15, -0.1) is 0 Å². The molecule has 1 heterocycles. The summed E-state index contributed by atoms with van der Waals surface area (Å²) in [4.78, 5) is 28.4. The molecule has 6 heteroatoms. The van der Waals surface area contributed by atoms with Crippen LogP contribution in [0.5, 0.6) is 5.75 Å². The highest BCUT2D eigenvalue weighted by molar-refractivity contribution is 6.51. The number of anilines is 1. The Morgan fingerprint density at radius 3 is 2.14 bits per heavy atom. The lowest BCUT2D eigenvalue weighted by atomic mass is 9.85. The molecule has 37 heavy (non-hydrogen) atoms. The van der Waals surface area contributed by atoms with Gasteiger partial charge < -0.3 is 9.84 Å². The van der Waals surface area contributed by atoms with Crippen molar-refractivity contribution in [2.45, 2.75) is 53.0 Å². The minimum atomic E-state index is -0.824. The van der Waals surface area contributed by atoms with Crippen LogP contribution in [-0.4, -0.2) is 23.9 Å². The predicted molar refractivity (Wildman–Crippen MR) is 149 cm³/mol. The summed E-state index contributed by atoms with van der Waals surface area (Å²) in [5.41, 5.74) is 5.17. The first-order chi connectivity index (χ1) is 17.3. The Hall–Kier alpha value is -3.57. The minimum absolute atomic E-state index is 0.0397. The summed E-state index contributed by atoms with van der Waals surface area (Å²) in [6.07, 6.45) is 0. The van der Waals surface area contributed by atoms with Crippen LogP contribution < -0.4 is 9.64 Å². The molecular formula is C31H32ClNO4. The number of hydrogen-bond donors (Lipinski definition) is 1. The number of aliphatic hydroxyl groups excluding tert-OH is 1. The van der Waals surface area contributed by atoms with Crippen molar-refractivity contribution in [3.63, 3.8) is 0 Å². The van der Waals surface area contributed by atoms with Gasteiger partial charge in [0.15, 0.2) is 0 Å². The van der Waals surface area contributed by atoms with E-state index in [0.29, 0.717) is 27.6 Å². The molecule has 0 aromatic heterocycles. The van der Waals surface area contributed by atoms with Gasteiger partial charge in [-0.05, 0) is 78.3 Å². The number of aryl methyl sites for hydroxylation is 3. The quantitative estimate of drug-likeness (QED) is 0.226. The Balaban J connectivity index is 1.97. The smallest absolute Gasteiger partial charge is 0.300 e. The summed E-state index contributed by atoms with van der Waals surface area (Å²) in [6, 6.07) is 15.9. The maximum atomic E-state index is 13.5. The summed E-state index contributed by atoms with van der Waals surface area (Å²) >= 11 is 6.41. The monoisotopic (exact) mass is 517 g/mol. The number of carbonyl (C=O) groups excluding carboxylic acids is 2. The number of amides is 1. The normalized spacial score (nSPS) is 17.4. The standard InChI is InChI=1S/C31H32ClNO4/c1-17-8-13-22(16-24(17)32)33-27(20-9-11-21(12-10-20)31(4,5)6)26(29(35)30(33)36)28(34)23-14-19(3)25(37-7)15-18(23)2/h8-16,27,34H,1-7H3/b28-26+. The van der Waals surface area contributed by atoms with Gasteiger partial charge in [-0.25, -0.2) is 0 Å². The van der Waals surface area contributed by atoms with Crippen LogP contribution in [0.25, 0.3) is 5.76 Å². The van der Waals surface area contributed by atoms with Crippen LogP contribution >= 0.6 is 11.6 Å². The maximum Gasteiger partial charge on any atom is 0.300 e. The van der Waals surface area contributed by atoms with E-state index in [1.807, 2.05) is 57.2 Å². The van der Waals surface area contributed by atoms with Crippen LogP contribution in [0.15, 0.2) is 60.2 Å². The fourth-order valence-electron chi connectivity index (χ4n) is 4.72. The second-order valence-electron chi connectivity index (χ2n) is 10.6. The zero-order valence-corrected chi connectivity index (χ0v) is 23.0. The fourth-order valence-corrected chi connectivity index (χ4v) is 4.90. The number of rotatable bonds is 4. The predicted octanol–water partition coefficient (Wildman–Crippen LogP) is 7.20. The van der Waals surface area contributed by atoms with Gasteiger partial charge in [0.2, 0.25) is 0 Å². The van der Waals surface area contributed by atoms with Crippen molar-refractivity contribution in [1.82, 2.24) is 0 Å². The van der Waals surface area contributed by atoms with Crippen molar-refractivity contribution >= 4 is 34.7 Å². The number of nitrogens with zero attached hydrogens (tertiary/aromatic N) is 1. The first-order valence-corrected chi connectivity index (χ1v) is 12.6. The highest BCUT2D eigenvalue weighted by Crippen LogP contribution is 2.44. The molecule has 4 rings (SSSR count). The van der Waals surface area contributed by atoms with Crippen molar-refractivity contribution in [3.05, 3.63) is 98.6 Å². The van der Waals surface area contributed by atoms with Crippen molar-refractivity contribution in [2.24, 2.45) is 0 Å². The highest BCUT2D eigenvalue weighted by Gasteiger charge is 2.47. The third kappa shape index (κ3) is 4.76. The van der Waals surface area contributed by atoms with Gasteiger partial charge in [-0.1, -0.05) is 62.7 Å². The molecule has 5 nitrogen and oxygen atoms in total. The van der Waals surface area contributed by atoms with E-state index in [1.165, 1.54) is 4.90 Å². The average Bonchev–Trinajstić information content (AvgIpc) is 3.11. The Bertz CT molecular complexity index is 1430. The number of aliphatic hydroxyl groups is 1. The lowest BCUT2D eigenvalue weighted by Crippen LogP contribution is -2.29. The number of halogens is 1. The topological polar surface area (TPSA) is 66.8 Å². The van der Waals surface area contributed by atoms with Crippen LogP contribution in [0.2, 0.25) is 5.02 Å². The Morgan fingerprint density at radius 2 is 1.57 bits per heavy atom. The van der Waals surface area contributed by atoms with Gasteiger partial charge in [0.05, 0.1) is 18.7 Å². The third-order valence-corrected chi connectivity index (χ3v) is 7.37. The number of carbonyl (C=O) groups is 2. The van der Waals surface area contributed by atoms with E-state index in [4.69, 9.17) is 16.3 Å². The molecule has 3 aromatic rings. The molecule has 0 radical (unpaired) electrons. The average molecular weight is 518 g/mol. The van der Waals surface area contributed by atoms with Crippen molar-refractivity contribution in [1.29, 1.82) is 0 Å². The van der Waals surface area contributed by atoms with Crippen LogP contribution in [0.1, 0.15) is 60.2 Å². The molecular weight excluding hydrogens is 486 g/mol. The van der Waals surface area contributed by atoms with Crippen molar-refractivity contribution < 1.29 is 19.4 Å². The van der Waals surface area contributed by atoms with E-state index >= 15 is 0 Å². The summed E-state index contributed by atoms with van der Waals surface area (Å²) in [5, 5.41) is 12.1. The molecule has 192 valence electrons. The largest absolute Gasteiger partial charge is 0.507 e. The lowest BCUT2D eigenvalue weighted by Gasteiger charge is -2.27. The summed E-state index contributed by atoms with van der Waals surface area (Å²) in [7, 11) is 1.58. The van der Waals surface area contributed by atoms with Gasteiger partial charge in [-0.2, -0.15) is 0 Å². The lowest BCUT2D eigenvalue weighted by molar-refractivity contribution is -0.132. The van der Waals surface area contributed by atoms with Gasteiger partial charge in [0, 0.05) is 16.3 Å². The molecule has 1 unspecified atom stereocenters. The Labute approximate surface area is 223 Å². The van der Waals surface area contributed by atoms with E-state index in [2.05, 4.69) is 20.8 Å². The van der Waals surface area contributed by atoms with Crippen LogP contribution in [0, 0.1) is 20.8 Å². The van der Waals surface area contributed by atoms with Crippen molar-refractivity contribution in [2.75, 3.05) is 12.0 Å². The highest BCUT2D eigenvalue weighted by atomic mass is 35.5. The number of benzene rings is 3. The molecule has 1 amide bonds. The van der Waals surface area contributed by atoms with E-state index in [0.717, 1.165) is 22.3 Å². The molecule has 0 bridgehead atoms. The molecule has 1 saturated heterocycles. The Morgan fingerprint density at radius 1 is 0.919 bits per heavy atom. The number of methoxy groups -OCH3 is 1. The second kappa shape index (κ2) is 9.71. The fraction of sp³-hybridized carbons (Fsp3) is 0.290. The molecule has 0 saturated carbocycles. The Kier molecular flexibility index (Phi) is 6.95. The number of hydrogen-bond acceptors (Lipinski definition) is 4. The summed E-state index contributed by atoms with van der Waals surface area (Å²) in [6.45, 7) is 11.9. The molecule has 0 aliphatic carbocycles. The van der Waals surface area contributed by atoms with Gasteiger partial charge in [-0.3, -0.25) is 14.5 Å². The van der Waals surface area contributed by atoms with Crippen LogP contribution in [-0.2, 0) is 15.0 Å².